The minimum absolute atomic E-state index is 0.0448. The number of carbonyl (C=O) groups is 1. The van der Waals surface area contributed by atoms with E-state index in [1.807, 2.05) is 0 Å². The summed E-state index contributed by atoms with van der Waals surface area (Å²) in [5.74, 6) is 1.93. The third-order valence-corrected chi connectivity index (χ3v) is 7.76. The molecule has 1 aromatic carbocycles. The molecule has 0 aliphatic carbocycles. The molecule has 2 N–H and O–H groups in total. The van der Waals surface area contributed by atoms with Gasteiger partial charge in [-0.05, 0) is 53.9 Å². The molecule has 138 valence electrons. The van der Waals surface area contributed by atoms with Gasteiger partial charge in [-0.15, -0.1) is 0 Å². The van der Waals surface area contributed by atoms with Crippen molar-refractivity contribution in [1.29, 1.82) is 0 Å². The molecule has 2 rings (SSSR count). The number of Topliss-reactive ketones (excluding diaryl/α,β-unsaturated/α-hetero) is 1. The van der Waals surface area contributed by atoms with Crippen molar-refractivity contribution >= 4 is 27.0 Å². The normalized spacial score (nSPS) is 28.7. The lowest BCUT2D eigenvalue weighted by atomic mass is 9.91. The molecule has 0 spiro atoms. The van der Waals surface area contributed by atoms with E-state index in [0.29, 0.717) is 0 Å². The van der Waals surface area contributed by atoms with Gasteiger partial charge in [0, 0.05) is 17.7 Å². The number of nitrogens with zero attached hydrogens (tertiary/aromatic N) is 1. The molecule has 0 saturated heterocycles. The van der Waals surface area contributed by atoms with Gasteiger partial charge in [-0.2, -0.15) is 0 Å². The Morgan fingerprint density at radius 1 is 1.40 bits per heavy atom. The zero-order valence-electron chi connectivity index (χ0n) is 14.3. The fourth-order valence-corrected chi connectivity index (χ4v) is 4.68. The van der Waals surface area contributed by atoms with E-state index < -0.39 is 44.3 Å². The van der Waals surface area contributed by atoms with Gasteiger partial charge in [-0.3, -0.25) is 14.0 Å². The zero-order valence-corrected chi connectivity index (χ0v) is 15.1. The van der Waals surface area contributed by atoms with Crippen LogP contribution in [0.15, 0.2) is 23.2 Å². The van der Waals surface area contributed by atoms with E-state index in [0.717, 1.165) is 6.07 Å². The Kier molecular flexibility index (Phi) is 4.80. The summed E-state index contributed by atoms with van der Waals surface area (Å²) >= 11 is 0. The summed E-state index contributed by atoms with van der Waals surface area (Å²) in [5, 5.41) is 0. The van der Waals surface area contributed by atoms with Crippen molar-refractivity contribution in [2.75, 3.05) is 5.75 Å². The topological polar surface area (TPSA) is 72.5 Å². The first-order valence-corrected chi connectivity index (χ1v) is 9.50. The lowest BCUT2D eigenvalue weighted by Crippen LogP contribution is -2.54. The second-order valence-corrected chi connectivity index (χ2v) is 9.93. The van der Waals surface area contributed by atoms with Gasteiger partial charge < -0.3 is 5.73 Å². The van der Waals surface area contributed by atoms with Gasteiger partial charge in [0.2, 0.25) is 5.78 Å². The average molecular weight is 374 g/mol. The molecular weight excluding hydrogens is 353 g/mol. The van der Waals surface area contributed by atoms with Crippen molar-refractivity contribution < 1.29 is 22.2 Å². The second kappa shape index (κ2) is 6.16. The molecule has 1 heterocycles. The van der Waals surface area contributed by atoms with Crippen LogP contribution in [0.5, 0.6) is 0 Å². The second-order valence-electron chi connectivity index (χ2n) is 7.00. The summed E-state index contributed by atoms with van der Waals surface area (Å²) < 4.78 is 51.4. The Bertz CT molecular complexity index is 847. The van der Waals surface area contributed by atoms with E-state index in [2.05, 4.69) is 10.9 Å². The fourth-order valence-electron chi connectivity index (χ4n) is 2.77. The number of rotatable bonds is 4. The molecule has 1 aliphatic rings. The molecule has 0 radical (unpaired) electrons. The van der Waals surface area contributed by atoms with Crippen LogP contribution in [-0.2, 0) is 26.3 Å². The van der Waals surface area contributed by atoms with E-state index in [1.165, 1.54) is 12.1 Å². The minimum Gasteiger partial charge on any atom is -0.386 e. The SMILES string of the molecule is C=S1(=O)C[C@@](C)(c2cc(CC(=O)C(F)F)ccc2F)N=C(N)C1(C)C. The molecule has 25 heavy (non-hydrogen) atoms. The number of halogens is 3. The van der Waals surface area contributed by atoms with Crippen molar-refractivity contribution in [2.45, 2.75) is 43.9 Å². The standard InChI is InChI=1S/C17H21F3N2O2S/c1-16(2)15(21)22-17(3,9-25(16,4)24)11-7-10(5-6-12(11)18)8-13(23)14(19)20/h5-7,14H,4,8-9H2,1-3H3,(H2,21,22)/t17-,25?/m0/s1. The van der Waals surface area contributed by atoms with Gasteiger partial charge in [0.25, 0.3) is 6.43 Å². The van der Waals surface area contributed by atoms with Crippen molar-refractivity contribution in [3.05, 3.63) is 35.1 Å². The van der Waals surface area contributed by atoms with Crippen LogP contribution in [0, 0.1) is 5.82 Å². The van der Waals surface area contributed by atoms with E-state index in [1.54, 1.807) is 20.8 Å². The smallest absolute Gasteiger partial charge is 0.296 e. The highest BCUT2D eigenvalue weighted by atomic mass is 32.2. The Morgan fingerprint density at radius 3 is 2.52 bits per heavy atom. The Hall–Kier alpha value is -1.83. The number of hydrogen-bond acceptors (Lipinski definition) is 4. The number of benzene rings is 1. The molecule has 0 amide bonds. The molecule has 1 aliphatic heterocycles. The van der Waals surface area contributed by atoms with Gasteiger partial charge in [0.05, 0.1) is 10.3 Å². The molecular formula is C17H21F3N2O2S. The van der Waals surface area contributed by atoms with Crippen molar-refractivity contribution in [2.24, 2.45) is 10.7 Å². The summed E-state index contributed by atoms with van der Waals surface area (Å²) in [5.41, 5.74) is 5.00. The van der Waals surface area contributed by atoms with Crippen molar-refractivity contribution in [1.82, 2.24) is 0 Å². The zero-order chi connectivity index (χ0) is 19.2. The molecule has 1 unspecified atom stereocenters. The molecule has 8 heteroatoms. The van der Waals surface area contributed by atoms with Crippen LogP contribution in [0.25, 0.3) is 0 Å². The van der Waals surface area contributed by atoms with Crippen molar-refractivity contribution in [3.8, 4) is 0 Å². The monoisotopic (exact) mass is 374 g/mol. The van der Waals surface area contributed by atoms with Gasteiger partial charge in [-0.25, -0.2) is 13.2 Å². The highest BCUT2D eigenvalue weighted by molar-refractivity contribution is 8.02. The lowest BCUT2D eigenvalue weighted by Gasteiger charge is -2.41. The number of hydrogen-bond donors (Lipinski definition) is 1. The fraction of sp³-hybridized carbons (Fsp3) is 0.471. The maximum atomic E-state index is 14.4. The van der Waals surface area contributed by atoms with E-state index >= 15 is 0 Å². The molecule has 0 bridgehead atoms. The molecule has 0 aromatic heterocycles. The summed E-state index contributed by atoms with van der Waals surface area (Å²) in [6.45, 7) is 4.89. The number of carbonyl (C=O) groups excluding carboxylic acids is 1. The first kappa shape index (κ1) is 19.5. The highest BCUT2D eigenvalue weighted by Crippen LogP contribution is 2.38. The Balaban J connectivity index is 2.54. The van der Waals surface area contributed by atoms with E-state index in [4.69, 9.17) is 5.73 Å². The number of ketones is 1. The molecule has 4 nitrogen and oxygen atoms in total. The van der Waals surface area contributed by atoms with E-state index in [9.17, 15) is 22.2 Å². The molecule has 2 atom stereocenters. The maximum Gasteiger partial charge on any atom is 0.296 e. The minimum atomic E-state index is -3.09. The van der Waals surface area contributed by atoms with Gasteiger partial charge >= 0.3 is 0 Å². The van der Waals surface area contributed by atoms with Crippen LogP contribution in [0.3, 0.4) is 0 Å². The number of aliphatic imine (C=N–C) groups is 1. The van der Waals surface area contributed by atoms with Crippen LogP contribution in [0.4, 0.5) is 13.2 Å². The van der Waals surface area contributed by atoms with Gasteiger partial charge in [-0.1, -0.05) is 6.07 Å². The highest BCUT2D eigenvalue weighted by Gasteiger charge is 2.45. The van der Waals surface area contributed by atoms with E-state index in [-0.39, 0.29) is 22.7 Å². The first-order valence-electron chi connectivity index (χ1n) is 7.60. The predicted molar refractivity (Wildman–Crippen MR) is 94.3 cm³/mol. The Labute approximate surface area is 145 Å². The quantitative estimate of drug-likeness (QED) is 0.822. The lowest BCUT2D eigenvalue weighted by molar-refractivity contribution is -0.128. The van der Waals surface area contributed by atoms with Crippen LogP contribution in [0.1, 0.15) is 31.9 Å². The number of alkyl halides is 2. The average Bonchev–Trinajstić information content (AvgIpc) is 2.46. The van der Waals surface area contributed by atoms with Crippen LogP contribution in [0.2, 0.25) is 0 Å². The van der Waals surface area contributed by atoms with Crippen LogP contribution < -0.4 is 5.73 Å². The summed E-state index contributed by atoms with van der Waals surface area (Å²) in [6.07, 6.45) is -3.61. The summed E-state index contributed by atoms with van der Waals surface area (Å²) in [6, 6.07) is 3.66. The molecule has 0 fully saturated rings. The number of amidine groups is 1. The largest absolute Gasteiger partial charge is 0.386 e. The molecule has 1 aromatic rings. The maximum absolute atomic E-state index is 14.4. The number of nitrogens with two attached hydrogens (primary N) is 1. The summed E-state index contributed by atoms with van der Waals surface area (Å²) in [7, 11) is -2.74. The third-order valence-electron chi connectivity index (χ3n) is 4.66. The molecule has 0 saturated carbocycles. The van der Waals surface area contributed by atoms with Gasteiger partial charge in [0.15, 0.2) is 0 Å². The van der Waals surface area contributed by atoms with Crippen molar-refractivity contribution in [3.63, 3.8) is 0 Å². The first-order chi connectivity index (χ1) is 11.3. The van der Waals surface area contributed by atoms with Gasteiger partial charge in [0.1, 0.15) is 11.7 Å². The van der Waals surface area contributed by atoms with Crippen LogP contribution >= 0.6 is 0 Å². The predicted octanol–water partition coefficient (Wildman–Crippen LogP) is 2.28. The third kappa shape index (κ3) is 3.44. The van der Waals surface area contributed by atoms with Crippen LogP contribution in [-0.4, -0.2) is 38.6 Å². The Morgan fingerprint density at radius 2 is 2.00 bits per heavy atom. The summed E-state index contributed by atoms with van der Waals surface area (Å²) in [4.78, 5) is 15.6.